The average molecular weight is 336 g/mol. The number of carbonyl (C=O) groups excluding carboxylic acids is 2. The zero-order valence-corrected chi connectivity index (χ0v) is 15.2. The molecule has 3 rings (SSSR count). The zero-order valence-electron chi connectivity index (χ0n) is 15.2. The second kappa shape index (κ2) is 11.1. The maximum atomic E-state index is 10.1. The van der Waals surface area contributed by atoms with Crippen LogP contribution in [-0.4, -0.2) is 25.2 Å². The molecule has 4 nitrogen and oxygen atoms in total. The fraction of sp³-hybridized carbons (Fsp3) is 0.700. The van der Waals surface area contributed by atoms with Crippen molar-refractivity contribution in [3.05, 3.63) is 25.3 Å². The van der Waals surface area contributed by atoms with Crippen molar-refractivity contribution >= 4 is 11.9 Å². The molecule has 0 aromatic carbocycles. The lowest BCUT2D eigenvalue weighted by Crippen LogP contribution is -2.15. The highest BCUT2D eigenvalue weighted by Crippen LogP contribution is 2.58. The summed E-state index contributed by atoms with van der Waals surface area (Å²) >= 11 is 0. The molecule has 0 radical (unpaired) electrons. The average Bonchev–Trinajstić information content (AvgIpc) is 3.30. The minimum Gasteiger partial charge on any atom is -0.463 e. The summed E-state index contributed by atoms with van der Waals surface area (Å²) in [6, 6.07) is 0. The molecule has 2 bridgehead atoms. The molecule has 3 aliphatic carbocycles. The third kappa shape index (κ3) is 6.14. The van der Waals surface area contributed by atoms with E-state index in [0.717, 1.165) is 12.2 Å². The first kappa shape index (κ1) is 20.5. The highest BCUT2D eigenvalue weighted by Gasteiger charge is 2.48. The van der Waals surface area contributed by atoms with Gasteiger partial charge in [-0.15, -0.1) is 0 Å². The lowest BCUT2D eigenvalue weighted by atomic mass is 9.82. The van der Waals surface area contributed by atoms with E-state index in [9.17, 15) is 9.59 Å². The summed E-state index contributed by atoms with van der Waals surface area (Å²) in [5, 5.41) is 0. The minimum absolute atomic E-state index is 0.359. The van der Waals surface area contributed by atoms with Gasteiger partial charge in [-0.25, -0.2) is 9.59 Å². The van der Waals surface area contributed by atoms with Gasteiger partial charge in [0.15, 0.2) is 0 Å². The van der Waals surface area contributed by atoms with Gasteiger partial charge >= 0.3 is 11.9 Å². The van der Waals surface area contributed by atoms with Crippen LogP contribution in [0.1, 0.15) is 52.4 Å². The largest absolute Gasteiger partial charge is 0.463 e. The Labute approximate surface area is 146 Å². The van der Waals surface area contributed by atoms with E-state index in [2.05, 4.69) is 22.6 Å². The number of hydrogen-bond donors (Lipinski definition) is 0. The van der Waals surface area contributed by atoms with E-state index >= 15 is 0 Å². The maximum Gasteiger partial charge on any atom is 0.330 e. The zero-order chi connectivity index (χ0) is 17.9. The topological polar surface area (TPSA) is 52.6 Å². The summed E-state index contributed by atoms with van der Waals surface area (Å²) in [4.78, 5) is 20.1. The van der Waals surface area contributed by atoms with Gasteiger partial charge in [0.05, 0.1) is 13.2 Å². The smallest absolute Gasteiger partial charge is 0.330 e. The molecule has 136 valence electrons. The van der Waals surface area contributed by atoms with E-state index in [1.54, 1.807) is 52.4 Å². The van der Waals surface area contributed by atoms with Crippen molar-refractivity contribution < 1.29 is 19.1 Å². The normalized spacial score (nSPS) is 28.4. The predicted molar refractivity (Wildman–Crippen MR) is 95.3 cm³/mol. The second-order valence-corrected chi connectivity index (χ2v) is 6.50. The Kier molecular flexibility index (Phi) is 9.43. The van der Waals surface area contributed by atoms with Gasteiger partial charge in [0.2, 0.25) is 0 Å². The van der Waals surface area contributed by atoms with Crippen molar-refractivity contribution in [3.63, 3.8) is 0 Å². The summed E-state index contributed by atoms with van der Waals surface area (Å²) in [6.45, 7) is 10.8. The predicted octanol–water partition coefficient (Wildman–Crippen LogP) is 4.30. The van der Waals surface area contributed by atoms with E-state index in [4.69, 9.17) is 0 Å². The lowest BCUT2D eigenvalue weighted by molar-refractivity contribution is -0.138. The lowest BCUT2D eigenvalue weighted by Gasteiger charge is -2.23. The van der Waals surface area contributed by atoms with Crippen molar-refractivity contribution in [2.45, 2.75) is 52.4 Å². The molecule has 0 amide bonds. The van der Waals surface area contributed by atoms with Gasteiger partial charge in [0.1, 0.15) is 0 Å². The highest BCUT2D eigenvalue weighted by atomic mass is 16.5. The van der Waals surface area contributed by atoms with Crippen LogP contribution in [0.15, 0.2) is 25.3 Å². The van der Waals surface area contributed by atoms with Gasteiger partial charge in [-0.3, -0.25) is 0 Å². The van der Waals surface area contributed by atoms with Crippen LogP contribution in [0, 0.1) is 23.7 Å². The molecule has 3 saturated carbocycles. The SMILES string of the molecule is C1C[C@H]2[C@H]3CCC(C3)[C@H]2C1.C=CC(=O)OCC.C=CC(=O)OCC. The molecule has 0 aliphatic heterocycles. The van der Waals surface area contributed by atoms with E-state index in [1.165, 1.54) is 23.7 Å². The van der Waals surface area contributed by atoms with Crippen molar-refractivity contribution in [2.75, 3.05) is 13.2 Å². The first-order chi connectivity index (χ1) is 11.6. The van der Waals surface area contributed by atoms with Gasteiger partial charge in [-0.05, 0) is 69.6 Å². The van der Waals surface area contributed by atoms with Gasteiger partial charge < -0.3 is 9.47 Å². The van der Waals surface area contributed by atoms with Gasteiger partial charge in [0, 0.05) is 12.2 Å². The number of fused-ring (bicyclic) bond motifs is 5. The van der Waals surface area contributed by atoms with Gasteiger partial charge in [-0.2, -0.15) is 0 Å². The molecule has 0 aromatic heterocycles. The van der Waals surface area contributed by atoms with Crippen LogP contribution in [0.3, 0.4) is 0 Å². The van der Waals surface area contributed by atoms with Crippen molar-refractivity contribution in [3.8, 4) is 0 Å². The fourth-order valence-electron chi connectivity index (χ4n) is 4.42. The van der Waals surface area contributed by atoms with Crippen molar-refractivity contribution in [2.24, 2.45) is 23.7 Å². The van der Waals surface area contributed by atoms with Crippen LogP contribution in [0.4, 0.5) is 0 Å². The van der Waals surface area contributed by atoms with E-state index < -0.39 is 0 Å². The first-order valence-electron chi connectivity index (χ1n) is 9.15. The molecule has 0 aromatic rings. The van der Waals surface area contributed by atoms with Crippen LogP contribution in [-0.2, 0) is 19.1 Å². The van der Waals surface area contributed by atoms with E-state index in [0.29, 0.717) is 13.2 Å². The summed E-state index contributed by atoms with van der Waals surface area (Å²) in [7, 11) is 0. The van der Waals surface area contributed by atoms with Gasteiger partial charge in [-0.1, -0.05) is 19.6 Å². The molecule has 0 spiro atoms. The molecular weight excluding hydrogens is 304 g/mol. The molecule has 0 heterocycles. The minimum atomic E-state index is -0.359. The number of esters is 2. The summed E-state index contributed by atoms with van der Waals surface area (Å²) < 4.78 is 8.87. The van der Waals surface area contributed by atoms with E-state index in [1.807, 2.05) is 0 Å². The summed E-state index contributed by atoms with van der Waals surface area (Å²) in [5.74, 6) is 4.08. The summed E-state index contributed by atoms with van der Waals surface area (Å²) in [6.07, 6.45) is 11.8. The number of rotatable bonds is 4. The quantitative estimate of drug-likeness (QED) is 0.567. The maximum absolute atomic E-state index is 10.1. The third-order valence-electron chi connectivity index (χ3n) is 5.26. The Balaban J connectivity index is 0.000000188. The van der Waals surface area contributed by atoms with Crippen LogP contribution in [0.25, 0.3) is 0 Å². The molecular formula is C20H32O4. The van der Waals surface area contributed by atoms with Crippen LogP contribution >= 0.6 is 0 Å². The molecule has 3 fully saturated rings. The number of ether oxygens (including phenoxy) is 2. The Morgan fingerprint density at radius 2 is 1.29 bits per heavy atom. The van der Waals surface area contributed by atoms with Crippen molar-refractivity contribution in [1.29, 1.82) is 0 Å². The number of hydrogen-bond acceptors (Lipinski definition) is 4. The molecule has 1 unspecified atom stereocenters. The van der Waals surface area contributed by atoms with Crippen molar-refractivity contribution in [1.82, 2.24) is 0 Å². The molecule has 3 aliphatic rings. The second-order valence-electron chi connectivity index (χ2n) is 6.50. The number of carbonyl (C=O) groups is 2. The summed E-state index contributed by atoms with van der Waals surface area (Å²) in [5.41, 5.74) is 0. The first-order valence-corrected chi connectivity index (χ1v) is 9.15. The Bertz CT molecular complexity index is 391. The Morgan fingerprint density at radius 1 is 0.875 bits per heavy atom. The van der Waals surface area contributed by atoms with E-state index in [-0.39, 0.29) is 11.9 Å². The third-order valence-corrected chi connectivity index (χ3v) is 5.26. The monoisotopic (exact) mass is 336 g/mol. The Morgan fingerprint density at radius 3 is 1.58 bits per heavy atom. The highest BCUT2D eigenvalue weighted by molar-refractivity contribution is 5.81. The van der Waals surface area contributed by atoms with Crippen LogP contribution in [0.2, 0.25) is 0 Å². The van der Waals surface area contributed by atoms with Gasteiger partial charge in [0.25, 0.3) is 0 Å². The molecule has 0 N–H and O–H groups in total. The fourth-order valence-corrected chi connectivity index (χ4v) is 4.42. The van der Waals surface area contributed by atoms with Crippen LogP contribution < -0.4 is 0 Å². The molecule has 4 heteroatoms. The Hall–Kier alpha value is -1.58. The molecule has 0 saturated heterocycles. The standard InChI is InChI=1S/C10H16.2C5H8O2/c1-2-9-7-4-5-8(6-7)10(9)3-1;2*1-3-5(6)7-4-2/h7-10H,1-6H2;2*3H,1,4H2,2H3/t7-,8?,9-,10+;;/m0../s1. The molecule has 24 heavy (non-hydrogen) atoms. The molecule has 4 atom stereocenters. The van der Waals surface area contributed by atoms with Crippen LogP contribution in [0.5, 0.6) is 0 Å².